The molecule has 120 valence electrons. The van der Waals surface area contributed by atoms with Crippen molar-refractivity contribution in [1.82, 2.24) is 20.2 Å². The van der Waals surface area contributed by atoms with Crippen molar-refractivity contribution < 1.29 is 9.53 Å². The van der Waals surface area contributed by atoms with E-state index in [0.29, 0.717) is 29.5 Å². The number of hydrogen-bond acceptors (Lipinski definition) is 6. The molecular formula is C13H19ClN6O2. The third-order valence-corrected chi connectivity index (χ3v) is 3.10. The number of ether oxygens (including phenoxy) is 1. The van der Waals surface area contributed by atoms with Crippen LogP contribution in [0.5, 0.6) is 5.75 Å². The highest BCUT2D eigenvalue weighted by atomic mass is 35.5. The first-order chi connectivity index (χ1) is 10.1. The van der Waals surface area contributed by atoms with E-state index < -0.39 is 0 Å². The Hall–Kier alpha value is -2.19. The van der Waals surface area contributed by atoms with Gasteiger partial charge in [0.1, 0.15) is 11.4 Å². The zero-order valence-corrected chi connectivity index (χ0v) is 13.4. The first kappa shape index (κ1) is 17.9. The molecule has 1 atom stereocenters. The van der Waals surface area contributed by atoms with Crippen molar-refractivity contribution in [2.45, 2.75) is 13.8 Å². The number of tetrazole rings is 1. The molecule has 1 heterocycles. The Kier molecular flexibility index (Phi) is 6.26. The van der Waals surface area contributed by atoms with Gasteiger partial charge < -0.3 is 15.8 Å². The molecule has 0 aliphatic heterocycles. The van der Waals surface area contributed by atoms with E-state index in [1.807, 2.05) is 0 Å². The first-order valence-electron chi connectivity index (χ1n) is 6.51. The molecule has 3 N–H and O–H groups in total. The minimum Gasteiger partial charge on any atom is -0.494 e. The maximum absolute atomic E-state index is 11.9. The predicted octanol–water partition coefficient (Wildman–Crippen LogP) is 0.934. The van der Waals surface area contributed by atoms with Gasteiger partial charge in [0.05, 0.1) is 7.11 Å². The number of aryl methyl sites for hydroxylation is 1. The summed E-state index contributed by atoms with van der Waals surface area (Å²) in [4.78, 5) is 11.9. The molecule has 1 aromatic heterocycles. The van der Waals surface area contributed by atoms with Crippen LogP contribution in [0.3, 0.4) is 0 Å². The van der Waals surface area contributed by atoms with E-state index in [1.54, 1.807) is 43.8 Å². The van der Waals surface area contributed by atoms with E-state index in [4.69, 9.17) is 10.5 Å². The molecule has 1 aromatic carbocycles. The Morgan fingerprint density at radius 2 is 2.23 bits per heavy atom. The third-order valence-electron chi connectivity index (χ3n) is 3.10. The summed E-state index contributed by atoms with van der Waals surface area (Å²) < 4.78 is 6.85. The fraction of sp³-hybridized carbons (Fsp3) is 0.385. The number of halogens is 1. The van der Waals surface area contributed by atoms with Crippen LogP contribution in [0.1, 0.15) is 12.7 Å². The van der Waals surface area contributed by atoms with Crippen molar-refractivity contribution >= 4 is 24.0 Å². The summed E-state index contributed by atoms with van der Waals surface area (Å²) >= 11 is 0. The summed E-state index contributed by atoms with van der Waals surface area (Å²) in [6.45, 7) is 3.84. The number of nitrogens with one attached hydrogen (secondary N) is 1. The zero-order valence-electron chi connectivity index (χ0n) is 12.6. The van der Waals surface area contributed by atoms with Crippen LogP contribution >= 0.6 is 12.4 Å². The second kappa shape index (κ2) is 7.71. The summed E-state index contributed by atoms with van der Waals surface area (Å²) in [6, 6.07) is 5.26. The Balaban J connectivity index is 0.00000242. The maximum atomic E-state index is 11.9. The Labute approximate surface area is 134 Å². The maximum Gasteiger partial charge on any atom is 0.228 e. The van der Waals surface area contributed by atoms with Crippen molar-refractivity contribution in [2.24, 2.45) is 11.7 Å². The molecule has 22 heavy (non-hydrogen) atoms. The lowest BCUT2D eigenvalue weighted by Crippen LogP contribution is -2.26. The normalized spacial score (nSPS) is 11.5. The lowest BCUT2D eigenvalue weighted by Gasteiger charge is -2.13. The molecule has 0 saturated heterocycles. The van der Waals surface area contributed by atoms with E-state index in [-0.39, 0.29) is 24.2 Å². The van der Waals surface area contributed by atoms with E-state index in [1.165, 1.54) is 0 Å². The summed E-state index contributed by atoms with van der Waals surface area (Å²) in [6.07, 6.45) is 0. The highest BCUT2D eigenvalue weighted by molar-refractivity contribution is 5.92. The second-order valence-electron chi connectivity index (χ2n) is 4.65. The smallest absolute Gasteiger partial charge is 0.228 e. The molecule has 0 radical (unpaired) electrons. The van der Waals surface area contributed by atoms with Crippen molar-refractivity contribution in [3.8, 4) is 11.4 Å². The van der Waals surface area contributed by atoms with Crippen molar-refractivity contribution in [3.63, 3.8) is 0 Å². The van der Waals surface area contributed by atoms with Gasteiger partial charge in [-0.25, -0.2) is 0 Å². The van der Waals surface area contributed by atoms with Crippen molar-refractivity contribution in [1.29, 1.82) is 0 Å². The van der Waals surface area contributed by atoms with Crippen LogP contribution in [0.15, 0.2) is 18.2 Å². The summed E-state index contributed by atoms with van der Waals surface area (Å²) in [5.41, 5.74) is 6.77. The molecule has 0 aliphatic rings. The number of carbonyl (C=O) groups is 1. The van der Waals surface area contributed by atoms with Crippen LogP contribution in [0.4, 0.5) is 5.69 Å². The Morgan fingerprint density at radius 3 is 2.77 bits per heavy atom. The van der Waals surface area contributed by atoms with Crippen LogP contribution in [0, 0.1) is 12.8 Å². The molecule has 1 amide bonds. The van der Waals surface area contributed by atoms with Gasteiger partial charge in [-0.3, -0.25) is 4.79 Å². The van der Waals surface area contributed by atoms with Gasteiger partial charge in [0.15, 0.2) is 5.82 Å². The van der Waals surface area contributed by atoms with Crippen molar-refractivity contribution in [3.05, 3.63) is 24.0 Å². The number of rotatable bonds is 5. The van der Waals surface area contributed by atoms with Crippen LogP contribution in [0.2, 0.25) is 0 Å². The molecule has 0 fully saturated rings. The summed E-state index contributed by atoms with van der Waals surface area (Å²) in [5.74, 6) is 0.828. The molecule has 9 heteroatoms. The average Bonchev–Trinajstić information content (AvgIpc) is 2.92. The van der Waals surface area contributed by atoms with Gasteiger partial charge >= 0.3 is 0 Å². The monoisotopic (exact) mass is 326 g/mol. The fourth-order valence-electron chi connectivity index (χ4n) is 1.76. The Bertz CT molecular complexity index is 645. The van der Waals surface area contributed by atoms with Gasteiger partial charge in [0.25, 0.3) is 0 Å². The molecular weight excluding hydrogens is 308 g/mol. The molecule has 1 unspecified atom stereocenters. The topological polar surface area (TPSA) is 108 Å². The van der Waals surface area contributed by atoms with Gasteiger partial charge in [0.2, 0.25) is 5.91 Å². The molecule has 2 aromatic rings. The minimum absolute atomic E-state index is 0. The van der Waals surface area contributed by atoms with E-state index in [9.17, 15) is 4.79 Å². The van der Waals surface area contributed by atoms with Gasteiger partial charge in [-0.1, -0.05) is 6.92 Å². The molecule has 0 bridgehead atoms. The predicted molar refractivity (Wildman–Crippen MR) is 84.5 cm³/mol. The van der Waals surface area contributed by atoms with Gasteiger partial charge in [0, 0.05) is 18.2 Å². The molecule has 2 rings (SSSR count). The van der Waals surface area contributed by atoms with E-state index >= 15 is 0 Å². The van der Waals surface area contributed by atoms with E-state index in [0.717, 1.165) is 0 Å². The third kappa shape index (κ3) is 3.71. The quantitative estimate of drug-likeness (QED) is 0.846. The van der Waals surface area contributed by atoms with Crippen molar-refractivity contribution in [2.75, 3.05) is 19.0 Å². The Morgan fingerprint density at radius 1 is 1.50 bits per heavy atom. The molecule has 0 aliphatic carbocycles. The number of nitrogens with two attached hydrogens (primary N) is 1. The number of benzene rings is 1. The number of anilines is 1. The lowest BCUT2D eigenvalue weighted by molar-refractivity contribution is -0.119. The zero-order chi connectivity index (χ0) is 15.4. The number of methoxy groups -OCH3 is 1. The highest BCUT2D eigenvalue weighted by Gasteiger charge is 2.14. The minimum atomic E-state index is -0.259. The average molecular weight is 327 g/mol. The first-order valence-corrected chi connectivity index (χ1v) is 6.51. The van der Waals surface area contributed by atoms with Gasteiger partial charge in [-0.15, -0.1) is 17.5 Å². The van der Waals surface area contributed by atoms with E-state index in [2.05, 4.69) is 20.8 Å². The number of carbonyl (C=O) groups excluding carboxylic acids is 1. The van der Waals surface area contributed by atoms with Crippen LogP contribution < -0.4 is 15.8 Å². The van der Waals surface area contributed by atoms with Crippen LogP contribution in [-0.2, 0) is 4.79 Å². The number of nitrogens with zero attached hydrogens (tertiary/aromatic N) is 4. The van der Waals surface area contributed by atoms with Crippen LogP contribution in [-0.4, -0.2) is 39.8 Å². The lowest BCUT2D eigenvalue weighted by atomic mass is 10.1. The number of hydrogen-bond donors (Lipinski definition) is 2. The number of amides is 1. The number of aromatic nitrogens is 4. The fourth-order valence-corrected chi connectivity index (χ4v) is 1.76. The van der Waals surface area contributed by atoms with Gasteiger partial charge in [-0.05, 0) is 35.5 Å². The standard InChI is InChI=1S/C13H18N6O2.ClH/c1-8(7-14)13(20)15-10-4-5-12(21-3)11(6-10)19-9(2)16-17-18-19;/h4-6,8H,7,14H2,1-3H3,(H,15,20);1H. The highest BCUT2D eigenvalue weighted by Crippen LogP contribution is 2.26. The molecule has 8 nitrogen and oxygen atoms in total. The largest absolute Gasteiger partial charge is 0.494 e. The van der Waals surface area contributed by atoms with Gasteiger partial charge in [-0.2, -0.15) is 4.68 Å². The van der Waals surface area contributed by atoms with Crippen LogP contribution in [0.25, 0.3) is 5.69 Å². The second-order valence-corrected chi connectivity index (χ2v) is 4.65. The molecule has 0 saturated carbocycles. The summed E-state index contributed by atoms with van der Waals surface area (Å²) in [5, 5.41) is 14.2. The molecule has 0 spiro atoms. The SMILES string of the molecule is COc1ccc(NC(=O)C(C)CN)cc1-n1nnnc1C.Cl. The summed E-state index contributed by atoms with van der Waals surface area (Å²) in [7, 11) is 1.56.